The summed E-state index contributed by atoms with van der Waals surface area (Å²) in [6, 6.07) is 17.5. The van der Waals surface area contributed by atoms with Gasteiger partial charge in [0.1, 0.15) is 11.6 Å². The molecule has 5 aliphatic rings. The van der Waals surface area contributed by atoms with E-state index in [2.05, 4.69) is 63.4 Å². The van der Waals surface area contributed by atoms with Crippen molar-refractivity contribution in [2.24, 2.45) is 5.92 Å². The van der Waals surface area contributed by atoms with Crippen LogP contribution in [0.4, 0.5) is 9.59 Å². The molecule has 2 aromatic heterocycles. The van der Waals surface area contributed by atoms with Gasteiger partial charge in [-0.05, 0) is 60.3 Å². The third kappa shape index (κ3) is 5.73. The van der Waals surface area contributed by atoms with Gasteiger partial charge in [-0.15, -0.1) is 0 Å². The number of benzene rings is 2. The number of hydrogen-bond acceptors (Lipinski definition) is 6. The highest BCUT2D eigenvalue weighted by atomic mass is 16.5. The minimum Gasteiger partial charge on any atom is -0.378 e. The molecule has 9 rings (SSSR count). The largest absolute Gasteiger partial charge is 0.378 e. The summed E-state index contributed by atoms with van der Waals surface area (Å²) < 4.78 is 10.9. The second kappa shape index (κ2) is 13.2. The van der Waals surface area contributed by atoms with Crippen LogP contribution in [0.5, 0.6) is 0 Å². The minimum atomic E-state index is -0.0346. The van der Waals surface area contributed by atoms with Gasteiger partial charge < -0.3 is 39.0 Å². The fraction of sp³-hybridized carbons (Fsp3) is 0.474. The third-order valence-corrected chi connectivity index (χ3v) is 11.4. The Morgan fingerprint density at radius 2 is 1.18 bits per heavy atom. The van der Waals surface area contributed by atoms with Gasteiger partial charge >= 0.3 is 12.1 Å². The number of urea groups is 2. The Labute approximate surface area is 291 Å². The van der Waals surface area contributed by atoms with Crippen molar-refractivity contribution in [3.05, 3.63) is 72.6 Å². The van der Waals surface area contributed by atoms with Crippen molar-refractivity contribution in [2.45, 2.75) is 50.2 Å². The molecular weight excluding hydrogens is 632 g/mol. The molecule has 4 aromatic rings. The molecule has 2 aromatic carbocycles. The number of aromatic nitrogens is 4. The molecule has 6 heterocycles. The lowest BCUT2D eigenvalue weighted by molar-refractivity contribution is 0.0336. The van der Waals surface area contributed by atoms with Crippen LogP contribution in [0, 0.1) is 5.92 Å². The Balaban J connectivity index is 0.868. The lowest BCUT2D eigenvalue weighted by Crippen LogP contribution is -2.51. The predicted octanol–water partition coefficient (Wildman–Crippen LogP) is 5.70. The summed E-state index contributed by atoms with van der Waals surface area (Å²) in [5.41, 5.74) is 6.29. The van der Waals surface area contributed by atoms with Crippen LogP contribution in [0.2, 0.25) is 0 Å². The average molecular weight is 677 g/mol. The van der Waals surface area contributed by atoms with Gasteiger partial charge in [-0.3, -0.25) is 0 Å². The molecule has 0 radical (unpaired) electrons. The van der Waals surface area contributed by atoms with Crippen molar-refractivity contribution in [1.82, 2.24) is 39.5 Å². The van der Waals surface area contributed by atoms with E-state index < -0.39 is 0 Å². The molecule has 4 amide bonds. The summed E-state index contributed by atoms with van der Waals surface area (Å²) in [6.07, 6.45) is 8.94. The van der Waals surface area contributed by atoms with E-state index in [0.29, 0.717) is 64.6 Å². The number of imidazole rings is 2. The zero-order chi connectivity index (χ0) is 33.6. The average Bonchev–Trinajstić information content (AvgIpc) is 4.03. The molecule has 1 saturated carbocycles. The molecule has 260 valence electrons. The Morgan fingerprint density at radius 3 is 1.80 bits per heavy atom. The van der Waals surface area contributed by atoms with Crippen LogP contribution < -0.4 is 0 Å². The van der Waals surface area contributed by atoms with E-state index in [4.69, 9.17) is 19.4 Å². The van der Waals surface area contributed by atoms with Crippen LogP contribution in [-0.4, -0.2) is 117 Å². The van der Waals surface area contributed by atoms with E-state index in [1.807, 2.05) is 27.1 Å². The smallest absolute Gasteiger partial charge is 0.321 e. The Hall–Kier alpha value is -4.68. The molecule has 2 N–H and O–H groups in total. The van der Waals surface area contributed by atoms with E-state index in [-0.39, 0.29) is 24.1 Å². The lowest BCUT2D eigenvalue weighted by atomic mass is 9.98. The number of piperidine rings is 1. The summed E-state index contributed by atoms with van der Waals surface area (Å²) in [7, 11) is 0. The zero-order valence-corrected chi connectivity index (χ0v) is 28.3. The molecule has 0 spiro atoms. The van der Waals surface area contributed by atoms with Gasteiger partial charge in [0.25, 0.3) is 0 Å². The van der Waals surface area contributed by atoms with E-state index in [1.54, 1.807) is 0 Å². The number of aromatic amines is 2. The molecular formula is C38H44N8O4. The maximum Gasteiger partial charge on any atom is 0.321 e. The summed E-state index contributed by atoms with van der Waals surface area (Å²) in [5, 5.41) is 0. The highest BCUT2D eigenvalue weighted by Gasteiger charge is 2.51. The van der Waals surface area contributed by atoms with Crippen molar-refractivity contribution in [3.8, 4) is 33.6 Å². The highest BCUT2D eigenvalue weighted by molar-refractivity contribution is 5.77. The molecule has 12 nitrogen and oxygen atoms in total. The van der Waals surface area contributed by atoms with Crippen LogP contribution in [-0.2, 0) is 9.47 Å². The summed E-state index contributed by atoms with van der Waals surface area (Å²) in [6.45, 7) is 5.75. The highest BCUT2D eigenvalue weighted by Crippen LogP contribution is 2.50. The summed E-state index contributed by atoms with van der Waals surface area (Å²) in [4.78, 5) is 51.4. The van der Waals surface area contributed by atoms with Crippen molar-refractivity contribution < 1.29 is 19.1 Å². The van der Waals surface area contributed by atoms with Crippen molar-refractivity contribution in [1.29, 1.82) is 0 Å². The number of rotatable bonds is 5. The van der Waals surface area contributed by atoms with Gasteiger partial charge in [-0.1, -0.05) is 48.5 Å². The number of amides is 4. The van der Waals surface area contributed by atoms with Gasteiger partial charge in [0.15, 0.2) is 0 Å². The number of carbonyl (C=O) groups is 2. The first-order chi connectivity index (χ1) is 24.6. The first kappa shape index (κ1) is 31.3. The van der Waals surface area contributed by atoms with E-state index in [9.17, 15) is 9.59 Å². The number of H-pyrrole nitrogens is 2. The summed E-state index contributed by atoms with van der Waals surface area (Å²) in [5.74, 6) is 2.18. The minimum absolute atomic E-state index is 0.00345. The van der Waals surface area contributed by atoms with Crippen molar-refractivity contribution in [2.75, 3.05) is 59.2 Å². The number of nitrogens with zero attached hydrogens (tertiary/aromatic N) is 6. The molecule has 4 saturated heterocycles. The number of morpholine rings is 2. The molecule has 50 heavy (non-hydrogen) atoms. The van der Waals surface area contributed by atoms with Gasteiger partial charge in [0, 0.05) is 38.8 Å². The first-order valence-corrected chi connectivity index (χ1v) is 18.2. The number of fused-ring (bicyclic) bond motifs is 2. The van der Waals surface area contributed by atoms with Crippen LogP contribution in [0.25, 0.3) is 33.6 Å². The van der Waals surface area contributed by atoms with Crippen molar-refractivity contribution >= 4 is 12.1 Å². The molecule has 5 fully saturated rings. The summed E-state index contributed by atoms with van der Waals surface area (Å²) >= 11 is 0. The lowest BCUT2D eigenvalue weighted by Gasteiger charge is -2.39. The Kier molecular flexibility index (Phi) is 8.28. The number of ether oxygens (including phenoxy) is 2. The Bertz CT molecular complexity index is 1830. The number of likely N-dealkylation sites (tertiary alicyclic amines) is 2. The molecule has 2 bridgehead atoms. The third-order valence-electron chi connectivity index (χ3n) is 11.4. The Morgan fingerprint density at radius 1 is 0.640 bits per heavy atom. The SMILES string of the molecule is O=C(N1CCOCC1)N1CCC[C@H]1c1ncc(-c2ccc(-c3ccc(-c4cnc([C@H]5[C@H]6CC[C@@H](C6)N5C(=O)N5CCOCC5)[nH]4)cc3)cc2)[nH]1. The van der Waals surface area contributed by atoms with Crippen molar-refractivity contribution in [3.63, 3.8) is 0 Å². The fourth-order valence-electron chi connectivity index (χ4n) is 8.72. The van der Waals surface area contributed by atoms with E-state index in [0.717, 1.165) is 83.9 Å². The fourth-order valence-corrected chi connectivity index (χ4v) is 8.72. The quantitative estimate of drug-likeness (QED) is 0.280. The normalized spacial score (nSPS) is 25.1. The van der Waals surface area contributed by atoms with Gasteiger partial charge in [-0.2, -0.15) is 0 Å². The van der Waals surface area contributed by atoms with Gasteiger partial charge in [0.2, 0.25) is 0 Å². The van der Waals surface area contributed by atoms with E-state index >= 15 is 0 Å². The van der Waals surface area contributed by atoms with Crippen LogP contribution in [0.15, 0.2) is 60.9 Å². The zero-order valence-electron chi connectivity index (χ0n) is 28.3. The number of carbonyl (C=O) groups excluding carboxylic acids is 2. The molecule has 4 aliphatic heterocycles. The standard InChI is InChI=1S/C38H44N8O4/c47-37(43-14-18-49-19-15-43)45-13-1-2-33(45)35-39-23-31(41-35)27-7-3-25(4-8-27)26-5-9-28(10-6-26)32-24-40-36(42-32)34-29-11-12-30(22-29)46(34)38(48)44-16-20-50-21-17-44/h3-10,23-24,29-30,33-34H,1-2,11-22H2,(H,39,41)(H,40,42)/t29-,30-,33-,34+/m0/s1. The van der Waals surface area contributed by atoms with Crippen LogP contribution in [0.3, 0.4) is 0 Å². The van der Waals surface area contributed by atoms with E-state index in [1.165, 1.54) is 0 Å². The molecule has 12 heteroatoms. The topological polar surface area (TPSA) is 123 Å². The molecule has 0 unspecified atom stereocenters. The maximum absolute atomic E-state index is 13.6. The monoisotopic (exact) mass is 676 g/mol. The number of nitrogens with one attached hydrogen (secondary N) is 2. The van der Waals surface area contributed by atoms with Gasteiger partial charge in [-0.25, -0.2) is 19.6 Å². The van der Waals surface area contributed by atoms with Gasteiger partial charge in [0.05, 0.1) is 62.3 Å². The maximum atomic E-state index is 13.6. The number of hydrogen-bond donors (Lipinski definition) is 2. The van der Waals surface area contributed by atoms with Crippen LogP contribution in [0.1, 0.15) is 55.8 Å². The second-order valence-corrected chi connectivity index (χ2v) is 14.2. The second-order valence-electron chi connectivity index (χ2n) is 14.2. The molecule has 4 atom stereocenters. The van der Waals surface area contributed by atoms with Crippen LogP contribution >= 0.6 is 0 Å². The predicted molar refractivity (Wildman–Crippen MR) is 187 cm³/mol. The first-order valence-electron chi connectivity index (χ1n) is 18.2. The molecule has 1 aliphatic carbocycles.